The number of anilines is 1. The SMILES string of the molecule is Cc1ccc2c(n1)C(C)N(c1cnn(CC(F)(F)F)c1)C2=O. The van der Waals surface area contributed by atoms with Gasteiger partial charge in [0.05, 0.1) is 29.2 Å². The molecule has 116 valence electrons. The van der Waals surface area contributed by atoms with Crippen LogP contribution in [0.4, 0.5) is 18.9 Å². The second kappa shape index (κ2) is 4.82. The van der Waals surface area contributed by atoms with Gasteiger partial charge in [0.1, 0.15) is 6.54 Å². The van der Waals surface area contributed by atoms with Gasteiger partial charge < -0.3 is 0 Å². The molecule has 1 aliphatic rings. The van der Waals surface area contributed by atoms with E-state index in [-0.39, 0.29) is 11.9 Å². The van der Waals surface area contributed by atoms with Gasteiger partial charge in [-0.15, -0.1) is 0 Å². The van der Waals surface area contributed by atoms with Gasteiger partial charge in [-0.05, 0) is 26.0 Å². The number of rotatable bonds is 2. The summed E-state index contributed by atoms with van der Waals surface area (Å²) in [5, 5.41) is 3.68. The third kappa shape index (κ3) is 2.44. The van der Waals surface area contributed by atoms with Crippen LogP contribution in [0.15, 0.2) is 24.5 Å². The van der Waals surface area contributed by atoms with Crippen LogP contribution >= 0.6 is 0 Å². The first kappa shape index (κ1) is 14.6. The molecule has 5 nitrogen and oxygen atoms in total. The molecular formula is C14H13F3N4O. The van der Waals surface area contributed by atoms with Gasteiger partial charge in [0.25, 0.3) is 5.91 Å². The van der Waals surface area contributed by atoms with E-state index < -0.39 is 12.7 Å². The summed E-state index contributed by atoms with van der Waals surface area (Å²) in [6, 6.07) is 3.09. The summed E-state index contributed by atoms with van der Waals surface area (Å²) in [4.78, 5) is 18.2. The van der Waals surface area contributed by atoms with Gasteiger partial charge in [-0.2, -0.15) is 18.3 Å². The zero-order valence-corrected chi connectivity index (χ0v) is 11.9. The lowest BCUT2D eigenvalue weighted by Gasteiger charge is -2.19. The van der Waals surface area contributed by atoms with Gasteiger partial charge >= 0.3 is 6.18 Å². The lowest BCUT2D eigenvalue weighted by molar-refractivity contribution is -0.142. The predicted molar refractivity (Wildman–Crippen MR) is 72.5 cm³/mol. The fraction of sp³-hybridized carbons (Fsp3) is 0.357. The minimum Gasteiger partial charge on any atom is -0.296 e. The second-order valence-corrected chi connectivity index (χ2v) is 5.25. The first-order valence-electron chi connectivity index (χ1n) is 6.66. The summed E-state index contributed by atoms with van der Waals surface area (Å²) >= 11 is 0. The van der Waals surface area contributed by atoms with Gasteiger partial charge in [-0.25, -0.2) is 0 Å². The number of fused-ring (bicyclic) bond motifs is 1. The standard InChI is InChI=1S/C14H13F3N4O/c1-8-3-4-11-12(19-8)9(2)21(13(11)22)10-5-18-20(6-10)7-14(15,16)17/h3-6,9H,7H2,1-2H3. The topological polar surface area (TPSA) is 51.0 Å². The maximum absolute atomic E-state index is 12.4. The number of aromatic nitrogens is 3. The first-order chi connectivity index (χ1) is 10.3. The van der Waals surface area contributed by atoms with E-state index in [0.717, 1.165) is 10.4 Å². The quantitative estimate of drug-likeness (QED) is 0.857. The molecule has 0 saturated carbocycles. The summed E-state index contributed by atoms with van der Waals surface area (Å²) in [6.07, 6.45) is -1.87. The molecule has 0 radical (unpaired) electrons. The van der Waals surface area contributed by atoms with Crippen molar-refractivity contribution in [1.29, 1.82) is 0 Å². The summed E-state index contributed by atoms with van der Waals surface area (Å²) in [5.41, 5.74) is 2.22. The Kier molecular flexibility index (Phi) is 3.19. The van der Waals surface area contributed by atoms with E-state index in [4.69, 9.17) is 0 Å². The van der Waals surface area contributed by atoms with Crippen molar-refractivity contribution in [2.45, 2.75) is 32.6 Å². The lowest BCUT2D eigenvalue weighted by atomic mass is 10.1. The number of nitrogens with zero attached hydrogens (tertiary/aromatic N) is 4. The number of carbonyl (C=O) groups is 1. The second-order valence-electron chi connectivity index (χ2n) is 5.25. The number of hydrogen-bond donors (Lipinski definition) is 0. The van der Waals surface area contributed by atoms with Gasteiger partial charge in [0.15, 0.2) is 0 Å². The van der Waals surface area contributed by atoms with Crippen LogP contribution in [0.1, 0.15) is 34.7 Å². The van der Waals surface area contributed by atoms with Gasteiger partial charge in [0.2, 0.25) is 0 Å². The van der Waals surface area contributed by atoms with E-state index in [9.17, 15) is 18.0 Å². The summed E-state index contributed by atoms with van der Waals surface area (Å²) < 4.78 is 37.9. The lowest BCUT2D eigenvalue weighted by Crippen LogP contribution is -2.26. The van der Waals surface area contributed by atoms with E-state index in [1.54, 1.807) is 19.1 Å². The number of alkyl halides is 3. The molecule has 0 bridgehead atoms. The third-order valence-corrected chi connectivity index (χ3v) is 3.54. The fourth-order valence-electron chi connectivity index (χ4n) is 2.59. The Bertz CT molecular complexity index is 738. The molecule has 8 heteroatoms. The molecule has 3 rings (SSSR count). The Morgan fingerprint density at radius 1 is 1.32 bits per heavy atom. The third-order valence-electron chi connectivity index (χ3n) is 3.54. The fourth-order valence-corrected chi connectivity index (χ4v) is 2.59. The number of amides is 1. The van der Waals surface area contributed by atoms with Gasteiger partial charge in [0, 0.05) is 11.9 Å². The highest BCUT2D eigenvalue weighted by Crippen LogP contribution is 2.36. The van der Waals surface area contributed by atoms with Crippen LogP contribution in [0.5, 0.6) is 0 Å². The zero-order valence-electron chi connectivity index (χ0n) is 11.9. The Morgan fingerprint density at radius 3 is 2.73 bits per heavy atom. The molecule has 1 atom stereocenters. The van der Waals surface area contributed by atoms with Crippen LogP contribution < -0.4 is 4.90 Å². The van der Waals surface area contributed by atoms with Crippen molar-refractivity contribution in [2.24, 2.45) is 0 Å². The van der Waals surface area contributed by atoms with Crippen LogP contribution in [0.25, 0.3) is 0 Å². The maximum Gasteiger partial charge on any atom is 0.408 e. The molecule has 2 aromatic heterocycles. The predicted octanol–water partition coefficient (Wildman–Crippen LogP) is 2.87. The van der Waals surface area contributed by atoms with Crippen LogP contribution in [0.2, 0.25) is 0 Å². The molecule has 0 N–H and O–H groups in total. The molecule has 0 fully saturated rings. The molecule has 2 aromatic rings. The van der Waals surface area contributed by atoms with Crippen molar-refractivity contribution in [3.8, 4) is 0 Å². The average molecular weight is 310 g/mol. The Hall–Kier alpha value is -2.38. The minimum atomic E-state index is -4.36. The summed E-state index contributed by atoms with van der Waals surface area (Å²) in [6.45, 7) is 2.42. The summed E-state index contributed by atoms with van der Waals surface area (Å²) in [7, 11) is 0. The van der Waals surface area contributed by atoms with Gasteiger partial charge in [-0.1, -0.05) is 0 Å². The highest BCUT2D eigenvalue weighted by atomic mass is 19.4. The molecular weight excluding hydrogens is 297 g/mol. The monoisotopic (exact) mass is 310 g/mol. The van der Waals surface area contributed by atoms with Crippen molar-refractivity contribution < 1.29 is 18.0 Å². The van der Waals surface area contributed by atoms with Crippen LogP contribution in [-0.2, 0) is 6.54 Å². The van der Waals surface area contributed by atoms with Crippen molar-refractivity contribution in [2.75, 3.05) is 4.90 Å². The zero-order chi connectivity index (χ0) is 16.1. The van der Waals surface area contributed by atoms with E-state index in [2.05, 4.69) is 10.1 Å². The molecule has 0 saturated heterocycles. The average Bonchev–Trinajstić information content (AvgIpc) is 2.92. The van der Waals surface area contributed by atoms with Crippen molar-refractivity contribution >= 4 is 11.6 Å². The van der Waals surface area contributed by atoms with Gasteiger partial charge in [-0.3, -0.25) is 19.4 Å². The Labute approximate surface area is 124 Å². The maximum atomic E-state index is 12.4. The molecule has 1 amide bonds. The Balaban J connectivity index is 1.92. The molecule has 0 spiro atoms. The van der Waals surface area contributed by atoms with Crippen molar-refractivity contribution in [3.63, 3.8) is 0 Å². The molecule has 3 heterocycles. The van der Waals surface area contributed by atoms with Crippen molar-refractivity contribution in [3.05, 3.63) is 41.5 Å². The smallest absolute Gasteiger partial charge is 0.296 e. The number of aryl methyl sites for hydroxylation is 1. The van der Waals surface area contributed by atoms with Crippen molar-refractivity contribution in [1.82, 2.24) is 14.8 Å². The van der Waals surface area contributed by atoms with E-state index in [1.165, 1.54) is 17.3 Å². The highest BCUT2D eigenvalue weighted by Gasteiger charge is 2.37. The molecule has 0 aromatic carbocycles. The normalized spacial score (nSPS) is 18.0. The van der Waals surface area contributed by atoms with E-state index in [1.807, 2.05) is 6.92 Å². The number of halogens is 3. The van der Waals surface area contributed by atoms with Crippen LogP contribution in [-0.4, -0.2) is 26.8 Å². The number of carbonyl (C=O) groups excluding carboxylic acids is 1. The molecule has 22 heavy (non-hydrogen) atoms. The van der Waals surface area contributed by atoms with E-state index in [0.29, 0.717) is 16.9 Å². The number of pyridine rings is 1. The molecule has 1 aliphatic heterocycles. The highest BCUT2D eigenvalue weighted by molar-refractivity contribution is 6.10. The number of hydrogen-bond acceptors (Lipinski definition) is 3. The largest absolute Gasteiger partial charge is 0.408 e. The van der Waals surface area contributed by atoms with E-state index >= 15 is 0 Å². The molecule has 1 unspecified atom stereocenters. The Morgan fingerprint density at radius 2 is 2.05 bits per heavy atom. The minimum absolute atomic E-state index is 0.276. The van der Waals surface area contributed by atoms with Crippen LogP contribution in [0.3, 0.4) is 0 Å². The molecule has 0 aliphatic carbocycles. The summed E-state index contributed by atoms with van der Waals surface area (Å²) in [5.74, 6) is -0.276. The first-order valence-corrected chi connectivity index (χ1v) is 6.66. The van der Waals surface area contributed by atoms with Crippen LogP contribution in [0, 0.1) is 6.92 Å².